The Bertz CT molecular complexity index is 204. The monoisotopic (exact) mass is 262 g/mol. The lowest BCUT2D eigenvalue weighted by molar-refractivity contribution is -0.144. The Balaban J connectivity index is 0. The van der Waals surface area contributed by atoms with E-state index in [-0.39, 0.29) is 20.6 Å². The van der Waals surface area contributed by atoms with Crippen molar-refractivity contribution in [2.24, 2.45) is 11.3 Å². The summed E-state index contributed by atoms with van der Waals surface area (Å²) in [4.78, 5) is 0. The van der Waals surface area contributed by atoms with E-state index in [0.717, 1.165) is 0 Å². The molecular weight excluding hydrogens is 236 g/mol. The molecule has 0 bridgehead atoms. The molecule has 0 amide bonds. The summed E-state index contributed by atoms with van der Waals surface area (Å²) in [5.41, 5.74) is -0.517. The summed E-state index contributed by atoms with van der Waals surface area (Å²) >= 11 is 0. The molecule has 0 radical (unpaired) electrons. The Morgan fingerprint density at radius 3 is 2.28 bits per heavy atom. The third-order valence-electron chi connectivity index (χ3n) is 3.06. The first-order chi connectivity index (χ1) is 8.76. The molecule has 108 valence electrons. The van der Waals surface area contributed by atoms with E-state index in [1.54, 1.807) is 0 Å². The summed E-state index contributed by atoms with van der Waals surface area (Å²) in [6.45, 7) is 4.39. The summed E-state index contributed by atoms with van der Waals surface area (Å²) in [5, 5.41) is 18.4. The molecule has 0 spiro atoms. The van der Waals surface area contributed by atoms with Gasteiger partial charge in [-0.05, 0) is 6.42 Å². The molecule has 0 aromatic carbocycles. The highest BCUT2D eigenvalue weighted by Gasteiger charge is 2.27. The second-order valence-corrected chi connectivity index (χ2v) is 4.41. The van der Waals surface area contributed by atoms with Crippen LogP contribution in [0, 0.1) is 24.2 Å². The molecule has 5 nitrogen and oxygen atoms in total. The minimum absolute atomic E-state index is 0. The van der Waals surface area contributed by atoms with Crippen molar-refractivity contribution in [3.63, 3.8) is 0 Å². The zero-order chi connectivity index (χ0) is 13.9. The van der Waals surface area contributed by atoms with Gasteiger partial charge in [-0.3, -0.25) is 0 Å². The minimum atomic E-state index is -0.517. The second kappa shape index (κ2) is 10.3. The van der Waals surface area contributed by atoms with Gasteiger partial charge >= 0.3 is 0 Å². The molecule has 5 heteroatoms. The van der Waals surface area contributed by atoms with E-state index in [0.29, 0.717) is 39.6 Å². The standard InChI is InChI=1S/C11H22O5.C2H2.H2/c1-2-11(6-12,7-13)8-14-3-10-4-15-9-16-5-10;1-2;/h10,12-13H,2-9H2,1H3;1-2H;1H. The molecule has 0 atom stereocenters. The predicted molar refractivity (Wildman–Crippen MR) is 70.0 cm³/mol. The van der Waals surface area contributed by atoms with Gasteiger partial charge in [-0.15, -0.1) is 12.8 Å². The van der Waals surface area contributed by atoms with Gasteiger partial charge in [0, 0.05) is 12.8 Å². The molecule has 18 heavy (non-hydrogen) atoms. The van der Waals surface area contributed by atoms with Gasteiger partial charge in [0.1, 0.15) is 6.79 Å². The van der Waals surface area contributed by atoms with Crippen LogP contribution >= 0.6 is 0 Å². The lowest BCUT2D eigenvalue weighted by atomic mass is 9.88. The number of ether oxygens (including phenoxy) is 3. The van der Waals surface area contributed by atoms with E-state index in [9.17, 15) is 10.2 Å². The quantitative estimate of drug-likeness (QED) is 0.654. The van der Waals surface area contributed by atoms with Crippen LogP contribution in [0.1, 0.15) is 14.8 Å². The minimum Gasteiger partial charge on any atom is -0.396 e. The Morgan fingerprint density at radius 1 is 1.28 bits per heavy atom. The van der Waals surface area contributed by atoms with Crippen molar-refractivity contribution in [1.82, 2.24) is 0 Å². The van der Waals surface area contributed by atoms with Crippen molar-refractivity contribution < 1.29 is 25.9 Å². The number of aliphatic hydroxyl groups is 2. The van der Waals surface area contributed by atoms with Crippen LogP contribution in [0.2, 0.25) is 0 Å². The normalized spacial score (nSPS) is 16.9. The molecule has 1 rings (SSSR count). The summed E-state index contributed by atoms with van der Waals surface area (Å²) in [7, 11) is 0. The molecule has 1 fully saturated rings. The van der Waals surface area contributed by atoms with Crippen molar-refractivity contribution in [2.75, 3.05) is 46.4 Å². The molecule has 1 heterocycles. The van der Waals surface area contributed by atoms with Crippen LogP contribution in [0.5, 0.6) is 0 Å². The molecule has 0 aliphatic carbocycles. The van der Waals surface area contributed by atoms with E-state index in [1.807, 2.05) is 6.92 Å². The van der Waals surface area contributed by atoms with E-state index in [2.05, 4.69) is 12.8 Å². The first kappa shape index (κ1) is 17.4. The number of aliphatic hydroxyl groups excluding tert-OH is 2. The van der Waals surface area contributed by atoms with Gasteiger partial charge in [0.05, 0.1) is 39.6 Å². The van der Waals surface area contributed by atoms with Gasteiger partial charge in [0.15, 0.2) is 0 Å². The Morgan fingerprint density at radius 2 is 1.83 bits per heavy atom. The third-order valence-corrected chi connectivity index (χ3v) is 3.06. The molecule has 1 saturated heterocycles. The highest BCUT2D eigenvalue weighted by molar-refractivity contribution is 4.76. The molecule has 0 unspecified atom stereocenters. The number of terminal acetylenes is 1. The van der Waals surface area contributed by atoms with Crippen molar-refractivity contribution >= 4 is 0 Å². The van der Waals surface area contributed by atoms with Crippen molar-refractivity contribution in [3.05, 3.63) is 0 Å². The molecule has 0 aromatic rings. The molecule has 2 N–H and O–H groups in total. The Kier molecular flexibility index (Phi) is 9.93. The van der Waals surface area contributed by atoms with E-state index in [1.165, 1.54) is 0 Å². The molecule has 1 aliphatic rings. The fourth-order valence-corrected chi connectivity index (χ4v) is 1.54. The van der Waals surface area contributed by atoms with Crippen LogP contribution in [0.3, 0.4) is 0 Å². The summed E-state index contributed by atoms with van der Waals surface area (Å²) in [5.74, 6) is 0.251. The highest BCUT2D eigenvalue weighted by Crippen LogP contribution is 2.21. The zero-order valence-electron chi connectivity index (χ0n) is 11.0. The van der Waals surface area contributed by atoms with Crippen molar-refractivity contribution in [3.8, 4) is 12.8 Å². The highest BCUT2D eigenvalue weighted by atomic mass is 16.7. The van der Waals surface area contributed by atoms with E-state index < -0.39 is 5.41 Å². The fourth-order valence-electron chi connectivity index (χ4n) is 1.54. The van der Waals surface area contributed by atoms with Gasteiger partial charge in [0.2, 0.25) is 0 Å². The van der Waals surface area contributed by atoms with E-state index >= 15 is 0 Å². The van der Waals surface area contributed by atoms with Crippen LogP contribution in [-0.2, 0) is 14.2 Å². The predicted octanol–water partition coefficient (Wildman–Crippen LogP) is 0.500. The van der Waals surface area contributed by atoms with Crippen LogP contribution in [0.15, 0.2) is 0 Å². The smallest absolute Gasteiger partial charge is 0.146 e. The molecular formula is C13H26O5. The molecule has 0 saturated carbocycles. The lowest BCUT2D eigenvalue weighted by Crippen LogP contribution is -2.36. The topological polar surface area (TPSA) is 68.2 Å². The van der Waals surface area contributed by atoms with Crippen LogP contribution in [-0.4, -0.2) is 56.6 Å². The maximum atomic E-state index is 9.22. The SMILES string of the molecule is C#C.CCC(CO)(CO)COCC1COCOC1.[HH]. The fraction of sp³-hybridized carbons (Fsp3) is 0.846. The average molecular weight is 262 g/mol. The first-order valence-electron chi connectivity index (χ1n) is 6.04. The largest absolute Gasteiger partial charge is 0.396 e. The Hall–Kier alpha value is -0.640. The molecule has 1 aliphatic heterocycles. The zero-order valence-corrected chi connectivity index (χ0v) is 11.0. The van der Waals surface area contributed by atoms with Gasteiger partial charge in [0.25, 0.3) is 0 Å². The van der Waals surface area contributed by atoms with Crippen LogP contribution in [0.25, 0.3) is 0 Å². The van der Waals surface area contributed by atoms with Gasteiger partial charge in [-0.25, -0.2) is 0 Å². The van der Waals surface area contributed by atoms with Crippen molar-refractivity contribution in [2.45, 2.75) is 13.3 Å². The summed E-state index contributed by atoms with van der Waals surface area (Å²) in [6, 6.07) is 0. The van der Waals surface area contributed by atoms with Crippen molar-refractivity contribution in [1.29, 1.82) is 0 Å². The first-order valence-corrected chi connectivity index (χ1v) is 6.04. The summed E-state index contributed by atoms with van der Waals surface area (Å²) in [6.07, 6.45) is 8.69. The average Bonchev–Trinajstić information content (AvgIpc) is 2.47. The van der Waals surface area contributed by atoms with Gasteiger partial charge in [-0.1, -0.05) is 6.92 Å². The maximum absolute atomic E-state index is 9.22. The third kappa shape index (κ3) is 5.80. The number of hydrogen-bond donors (Lipinski definition) is 2. The number of rotatable bonds is 7. The number of hydrogen-bond acceptors (Lipinski definition) is 5. The Labute approximate surface area is 111 Å². The van der Waals surface area contributed by atoms with E-state index in [4.69, 9.17) is 14.2 Å². The molecule has 0 aromatic heterocycles. The van der Waals surface area contributed by atoms with Crippen LogP contribution in [0.4, 0.5) is 0 Å². The lowest BCUT2D eigenvalue weighted by Gasteiger charge is -2.29. The van der Waals surface area contributed by atoms with Gasteiger partial charge in [-0.2, -0.15) is 0 Å². The second-order valence-electron chi connectivity index (χ2n) is 4.41. The van der Waals surface area contributed by atoms with Crippen LogP contribution < -0.4 is 0 Å². The maximum Gasteiger partial charge on any atom is 0.146 e. The summed E-state index contributed by atoms with van der Waals surface area (Å²) < 4.78 is 15.8. The van der Waals surface area contributed by atoms with Gasteiger partial charge < -0.3 is 24.4 Å².